The van der Waals surface area contributed by atoms with Crippen LogP contribution in [0.1, 0.15) is 22.8 Å². The molecule has 3 nitrogen and oxygen atoms in total. The standard InChI is InChI=1S/C15H12ClNO2/c1-19-14-6-5-12(16)8-13(14)15(18)11-4-2-3-10(7-11)9-17/h2-8,15,18H,1H3. The number of rotatable bonds is 3. The van der Waals surface area contributed by atoms with Gasteiger partial charge >= 0.3 is 0 Å². The summed E-state index contributed by atoms with van der Waals surface area (Å²) in [6.45, 7) is 0. The fraction of sp³-hybridized carbons (Fsp3) is 0.133. The summed E-state index contributed by atoms with van der Waals surface area (Å²) in [6.07, 6.45) is -0.887. The highest BCUT2D eigenvalue weighted by Gasteiger charge is 2.16. The van der Waals surface area contributed by atoms with E-state index < -0.39 is 6.10 Å². The van der Waals surface area contributed by atoms with Gasteiger partial charge in [0, 0.05) is 10.6 Å². The molecule has 0 radical (unpaired) electrons. The molecule has 0 aromatic heterocycles. The van der Waals surface area contributed by atoms with Gasteiger partial charge in [-0.05, 0) is 35.9 Å². The van der Waals surface area contributed by atoms with Crippen LogP contribution in [-0.2, 0) is 0 Å². The SMILES string of the molecule is COc1ccc(Cl)cc1C(O)c1cccc(C#N)c1. The molecule has 96 valence electrons. The number of hydrogen-bond donors (Lipinski definition) is 1. The average Bonchev–Trinajstić information content (AvgIpc) is 2.46. The van der Waals surface area contributed by atoms with E-state index in [-0.39, 0.29) is 0 Å². The van der Waals surface area contributed by atoms with Gasteiger partial charge in [-0.15, -0.1) is 0 Å². The minimum atomic E-state index is -0.887. The van der Waals surface area contributed by atoms with Crippen LogP contribution >= 0.6 is 11.6 Å². The van der Waals surface area contributed by atoms with E-state index in [0.29, 0.717) is 27.5 Å². The second kappa shape index (κ2) is 5.75. The molecule has 2 aromatic rings. The molecule has 0 amide bonds. The summed E-state index contributed by atoms with van der Waals surface area (Å²) in [5.41, 5.74) is 1.70. The molecule has 1 N–H and O–H groups in total. The van der Waals surface area contributed by atoms with Gasteiger partial charge in [-0.3, -0.25) is 0 Å². The molecule has 0 heterocycles. The van der Waals surface area contributed by atoms with Crippen molar-refractivity contribution in [2.75, 3.05) is 7.11 Å². The number of hydrogen-bond acceptors (Lipinski definition) is 3. The van der Waals surface area contributed by atoms with E-state index in [9.17, 15) is 5.11 Å². The molecule has 2 aromatic carbocycles. The van der Waals surface area contributed by atoms with Gasteiger partial charge in [-0.1, -0.05) is 23.7 Å². The van der Waals surface area contributed by atoms with E-state index in [1.165, 1.54) is 7.11 Å². The molecule has 0 fully saturated rings. The first-order valence-corrected chi connectivity index (χ1v) is 6.05. The normalized spacial score (nSPS) is 11.7. The van der Waals surface area contributed by atoms with Crippen LogP contribution in [0.15, 0.2) is 42.5 Å². The van der Waals surface area contributed by atoms with E-state index in [2.05, 4.69) is 0 Å². The van der Waals surface area contributed by atoms with E-state index in [1.807, 2.05) is 6.07 Å². The fourth-order valence-corrected chi connectivity index (χ4v) is 2.06. The smallest absolute Gasteiger partial charge is 0.125 e. The summed E-state index contributed by atoms with van der Waals surface area (Å²) in [7, 11) is 1.53. The highest BCUT2D eigenvalue weighted by molar-refractivity contribution is 6.30. The number of aliphatic hydroxyl groups excluding tert-OH is 1. The Kier molecular flexibility index (Phi) is 4.06. The first-order valence-electron chi connectivity index (χ1n) is 5.67. The molecule has 1 atom stereocenters. The number of methoxy groups -OCH3 is 1. The number of benzene rings is 2. The third-order valence-corrected chi connectivity index (χ3v) is 3.05. The number of aliphatic hydroxyl groups is 1. The number of ether oxygens (including phenoxy) is 1. The summed E-state index contributed by atoms with van der Waals surface area (Å²) >= 11 is 5.94. The number of nitrogens with zero attached hydrogens (tertiary/aromatic N) is 1. The molecule has 4 heteroatoms. The molecule has 0 aliphatic rings. The second-order valence-corrected chi connectivity index (χ2v) is 4.46. The third-order valence-electron chi connectivity index (χ3n) is 2.82. The van der Waals surface area contributed by atoms with E-state index >= 15 is 0 Å². The second-order valence-electron chi connectivity index (χ2n) is 4.03. The van der Waals surface area contributed by atoms with E-state index in [0.717, 1.165) is 0 Å². The van der Waals surface area contributed by atoms with Crippen molar-refractivity contribution in [2.24, 2.45) is 0 Å². The Morgan fingerprint density at radius 2 is 2.05 bits per heavy atom. The van der Waals surface area contributed by atoms with Crippen LogP contribution in [0.3, 0.4) is 0 Å². The topological polar surface area (TPSA) is 53.2 Å². The highest BCUT2D eigenvalue weighted by atomic mass is 35.5. The van der Waals surface area contributed by atoms with Crippen molar-refractivity contribution < 1.29 is 9.84 Å². The molecule has 2 rings (SSSR count). The maximum absolute atomic E-state index is 10.4. The molecule has 0 aliphatic heterocycles. The number of nitriles is 1. The van der Waals surface area contributed by atoms with Gasteiger partial charge in [0.25, 0.3) is 0 Å². The van der Waals surface area contributed by atoms with Crippen molar-refractivity contribution in [3.63, 3.8) is 0 Å². The Balaban J connectivity index is 2.46. The molecular formula is C15H12ClNO2. The predicted octanol–water partition coefficient (Wildman–Crippen LogP) is 3.30. The lowest BCUT2D eigenvalue weighted by molar-refractivity contribution is 0.214. The van der Waals surface area contributed by atoms with Crippen LogP contribution in [-0.4, -0.2) is 12.2 Å². The monoisotopic (exact) mass is 273 g/mol. The largest absolute Gasteiger partial charge is 0.496 e. The van der Waals surface area contributed by atoms with Crippen molar-refractivity contribution in [1.82, 2.24) is 0 Å². The minimum Gasteiger partial charge on any atom is -0.496 e. The third kappa shape index (κ3) is 2.87. The van der Waals surface area contributed by atoms with Gasteiger partial charge in [0.05, 0.1) is 18.7 Å². The van der Waals surface area contributed by atoms with Gasteiger partial charge in [-0.2, -0.15) is 5.26 Å². The summed E-state index contributed by atoms with van der Waals surface area (Å²) in [5.74, 6) is 0.555. The van der Waals surface area contributed by atoms with Crippen molar-refractivity contribution in [2.45, 2.75) is 6.10 Å². The summed E-state index contributed by atoms with van der Waals surface area (Å²) in [5, 5.41) is 19.8. The van der Waals surface area contributed by atoms with E-state index in [1.54, 1.807) is 42.5 Å². The van der Waals surface area contributed by atoms with Crippen LogP contribution in [0.2, 0.25) is 5.02 Å². The molecule has 1 unspecified atom stereocenters. The van der Waals surface area contributed by atoms with Gasteiger partial charge in [0.1, 0.15) is 11.9 Å². The van der Waals surface area contributed by atoms with Crippen LogP contribution in [0, 0.1) is 11.3 Å². The molecule has 0 saturated heterocycles. The van der Waals surface area contributed by atoms with Crippen molar-refractivity contribution >= 4 is 11.6 Å². The van der Waals surface area contributed by atoms with Crippen LogP contribution in [0.4, 0.5) is 0 Å². The van der Waals surface area contributed by atoms with Gasteiger partial charge in [-0.25, -0.2) is 0 Å². The van der Waals surface area contributed by atoms with Crippen LogP contribution in [0.25, 0.3) is 0 Å². The zero-order chi connectivity index (χ0) is 13.8. The van der Waals surface area contributed by atoms with Gasteiger partial charge in [0.15, 0.2) is 0 Å². The maximum atomic E-state index is 10.4. The maximum Gasteiger partial charge on any atom is 0.125 e. The van der Waals surface area contributed by atoms with Gasteiger partial charge < -0.3 is 9.84 Å². The summed E-state index contributed by atoms with van der Waals surface area (Å²) in [6, 6.07) is 13.9. The number of halogens is 1. The molecule has 19 heavy (non-hydrogen) atoms. The Morgan fingerprint density at radius 3 is 2.74 bits per heavy atom. The quantitative estimate of drug-likeness (QED) is 0.933. The Labute approximate surface area is 116 Å². The zero-order valence-corrected chi connectivity index (χ0v) is 11.1. The lowest BCUT2D eigenvalue weighted by Crippen LogP contribution is -2.02. The highest BCUT2D eigenvalue weighted by Crippen LogP contribution is 2.32. The first-order chi connectivity index (χ1) is 9.15. The minimum absolute atomic E-state index is 0.498. The molecule has 0 spiro atoms. The van der Waals surface area contributed by atoms with Crippen LogP contribution in [0.5, 0.6) is 5.75 Å². The lowest BCUT2D eigenvalue weighted by atomic mass is 9.99. The predicted molar refractivity (Wildman–Crippen MR) is 73.2 cm³/mol. The molecule has 0 aliphatic carbocycles. The molecule has 0 saturated carbocycles. The Morgan fingerprint density at radius 1 is 1.26 bits per heavy atom. The fourth-order valence-electron chi connectivity index (χ4n) is 1.88. The summed E-state index contributed by atoms with van der Waals surface area (Å²) in [4.78, 5) is 0. The average molecular weight is 274 g/mol. The van der Waals surface area contributed by atoms with E-state index in [4.69, 9.17) is 21.6 Å². The lowest BCUT2D eigenvalue weighted by Gasteiger charge is -2.15. The Bertz CT molecular complexity index is 634. The summed E-state index contributed by atoms with van der Waals surface area (Å²) < 4.78 is 5.22. The zero-order valence-electron chi connectivity index (χ0n) is 10.3. The first kappa shape index (κ1) is 13.4. The van der Waals surface area contributed by atoms with Gasteiger partial charge in [0.2, 0.25) is 0 Å². The van der Waals surface area contributed by atoms with Crippen molar-refractivity contribution in [3.8, 4) is 11.8 Å². The van der Waals surface area contributed by atoms with Crippen molar-refractivity contribution in [3.05, 3.63) is 64.2 Å². The van der Waals surface area contributed by atoms with Crippen molar-refractivity contribution in [1.29, 1.82) is 5.26 Å². The Hall–Kier alpha value is -2.02. The molecule has 0 bridgehead atoms. The van der Waals surface area contributed by atoms with Crippen LogP contribution < -0.4 is 4.74 Å². The molecular weight excluding hydrogens is 262 g/mol.